The third kappa shape index (κ3) is 3.84. The van der Waals surface area contributed by atoms with E-state index < -0.39 is 23.6 Å². The van der Waals surface area contributed by atoms with Gasteiger partial charge in [0.05, 0.1) is 11.4 Å². The predicted molar refractivity (Wildman–Crippen MR) is 119 cm³/mol. The molecule has 1 fully saturated rings. The van der Waals surface area contributed by atoms with Crippen LogP contribution in [0.15, 0.2) is 53.6 Å². The second-order valence-corrected chi connectivity index (χ2v) is 8.47. The highest BCUT2D eigenvalue weighted by Gasteiger charge is 2.36. The number of thioether (sulfide) groups is 1. The van der Waals surface area contributed by atoms with E-state index in [9.17, 15) is 14.4 Å². The van der Waals surface area contributed by atoms with Crippen LogP contribution in [0.1, 0.15) is 11.1 Å². The van der Waals surface area contributed by atoms with Crippen LogP contribution in [0.3, 0.4) is 0 Å². The molecule has 2 aromatic carbocycles. The molecule has 0 bridgehead atoms. The van der Waals surface area contributed by atoms with E-state index in [1.807, 2.05) is 35.0 Å². The number of imide groups is 1. The van der Waals surface area contributed by atoms with Crippen molar-refractivity contribution >= 4 is 69.0 Å². The van der Waals surface area contributed by atoms with Gasteiger partial charge >= 0.3 is 0 Å². The first kappa shape index (κ1) is 20.5. The average Bonchev–Trinajstić information content (AvgIpc) is 3.17. The zero-order chi connectivity index (χ0) is 21.4. The van der Waals surface area contributed by atoms with E-state index in [4.69, 9.17) is 28.9 Å². The molecule has 6 nitrogen and oxygen atoms in total. The van der Waals surface area contributed by atoms with Gasteiger partial charge in [-0.25, -0.2) is 0 Å². The van der Waals surface area contributed by atoms with Gasteiger partial charge in [0.15, 0.2) is 0 Å². The first-order valence-corrected chi connectivity index (χ1v) is 10.5. The minimum absolute atomic E-state index is 0.236. The summed E-state index contributed by atoms with van der Waals surface area (Å²) in [5.41, 5.74) is 7.61. The molecule has 1 aliphatic rings. The summed E-state index contributed by atoms with van der Waals surface area (Å²) in [6.07, 6.45) is 3.53. The topological polar surface area (TPSA) is 85.4 Å². The Hall–Kier alpha value is -2.74. The number of carbonyl (C=O) groups is 3. The molecule has 0 spiro atoms. The highest BCUT2D eigenvalue weighted by Crippen LogP contribution is 2.34. The molecule has 0 saturated carbocycles. The van der Waals surface area contributed by atoms with Gasteiger partial charge in [0, 0.05) is 38.3 Å². The van der Waals surface area contributed by atoms with E-state index >= 15 is 0 Å². The van der Waals surface area contributed by atoms with Crippen molar-refractivity contribution in [2.75, 3.05) is 6.54 Å². The Morgan fingerprint density at radius 2 is 1.77 bits per heavy atom. The van der Waals surface area contributed by atoms with Gasteiger partial charge in [0.25, 0.3) is 11.1 Å². The molecule has 0 aliphatic carbocycles. The van der Waals surface area contributed by atoms with Gasteiger partial charge in [-0.3, -0.25) is 19.3 Å². The molecule has 3 aromatic rings. The smallest absolute Gasteiger partial charge is 0.294 e. The number of benzene rings is 2. The first-order chi connectivity index (χ1) is 14.3. The maximum absolute atomic E-state index is 12.5. The second kappa shape index (κ2) is 8.18. The van der Waals surface area contributed by atoms with Gasteiger partial charge < -0.3 is 10.3 Å². The number of hydrogen-bond acceptors (Lipinski definition) is 4. The second-order valence-electron chi connectivity index (χ2n) is 6.66. The number of primary amides is 1. The van der Waals surface area contributed by atoms with Crippen LogP contribution in [0.25, 0.3) is 17.0 Å². The van der Waals surface area contributed by atoms with E-state index in [1.54, 1.807) is 24.3 Å². The van der Waals surface area contributed by atoms with Crippen molar-refractivity contribution in [1.82, 2.24) is 9.47 Å². The maximum Gasteiger partial charge on any atom is 0.294 e. The fourth-order valence-corrected chi connectivity index (χ4v) is 4.65. The number of halogens is 2. The Labute approximate surface area is 186 Å². The molecule has 4 rings (SSSR count). The molecular weight excluding hydrogens is 445 g/mol. The Morgan fingerprint density at radius 1 is 1.07 bits per heavy atom. The summed E-state index contributed by atoms with van der Waals surface area (Å²) in [6.45, 7) is 0.00475. The summed E-state index contributed by atoms with van der Waals surface area (Å²) in [5, 5.41) is 1.52. The van der Waals surface area contributed by atoms with Crippen molar-refractivity contribution in [3.63, 3.8) is 0 Å². The number of nitrogens with zero attached hydrogens (tertiary/aromatic N) is 2. The Morgan fingerprint density at radius 3 is 2.47 bits per heavy atom. The summed E-state index contributed by atoms with van der Waals surface area (Å²) in [4.78, 5) is 36.9. The maximum atomic E-state index is 12.5. The number of hydrogen-bond donors (Lipinski definition) is 1. The summed E-state index contributed by atoms with van der Waals surface area (Å²) in [6, 6.07) is 13.0. The van der Waals surface area contributed by atoms with Gasteiger partial charge in [0.1, 0.15) is 6.54 Å². The molecule has 1 saturated heterocycles. The number of nitrogens with two attached hydrogens (primary N) is 1. The Bertz CT molecular complexity index is 1220. The summed E-state index contributed by atoms with van der Waals surface area (Å²) in [7, 11) is 0. The molecule has 30 heavy (non-hydrogen) atoms. The minimum Gasteiger partial charge on any atom is -0.368 e. The quantitative estimate of drug-likeness (QED) is 0.568. The van der Waals surface area contributed by atoms with Crippen LogP contribution < -0.4 is 5.73 Å². The predicted octanol–water partition coefficient (Wildman–Crippen LogP) is 4.52. The molecule has 2 N–H and O–H groups in total. The van der Waals surface area contributed by atoms with Gasteiger partial charge in [-0.15, -0.1) is 0 Å². The number of fused-ring (bicyclic) bond motifs is 1. The molecule has 0 unspecified atom stereocenters. The third-order valence-corrected chi connectivity index (χ3v) is 6.30. The lowest BCUT2D eigenvalue weighted by Crippen LogP contribution is -2.36. The number of para-hydroxylation sites is 1. The van der Waals surface area contributed by atoms with Crippen molar-refractivity contribution in [2.24, 2.45) is 5.73 Å². The fraction of sp³-hybridized carbons (Fsp3) is 0.0952. The first-order valence-electron chi connectivity index (χ1n) is 8.89. The third-order valence-electron chi connectivity index (χ3n) is 4.68. The largest absolute Gasteiger partial charge is 0.368 e. The molecule has 152 valence electrons. The molecule has 1 aliphatic heterocycles. The van der Waals surface area contributed by atoms with Gasteiger partial charge in [-0.2, -0.15) is 0 Å². The van der Waals surface area contributed by atoms with Crippen LogP contribution in [0.2, 0.25) is 10.0 Å². The normalized spacial score (nSPS) is 15.5. The highest BCUT2D eigenvalue weighted by molar-refractivity contribution is 8.18. The minimum atomic E-state index is -0.744. The van der Waals surface area contributed by atoms with Crippen molar-refractivity contribution in [1.29, 1.82) is 0 Å². The molecule has 9 heteroatoms. The van der Waals surface area contributed by atoms with Crippen LogP contribution in [-0.4, -0.2) is 33.1 Å². The van der Waals surface area contributed by atoms with Gasteiger partial charge in [-0.05, 0) is 36.0 Å². The molecular formula is C21H15Cl2N3O3S. The Kier molecular flexibility index (Phi) is 5.60. The number of rotatable bonds is 5. The van der Waals surface area contributed by atoms with Crippen LogP contribution >= 0.6 is 35.0 Å². The summed E-state index contributed by atoms with van der Waals surface area (Å²) < 4.78 is 1.99. The Balaban J connectivity index is 1.75. The monoisotopic (exact) mass is 459 g/mol. The summed E-state index contributed by atoms with van der Waals surface area (Å²) in [5.74, 6) is -1.28. The van der Waals surface area contributed by atoms with E-state index in [-0.39, 0.29) is 4.91 Å². The van der Waals surface area contributed by atoms with E-state index in [1.165, 1.54) is 0 Å². The molecule has 1 aromatic heterocycles. The zero-order valence-electron chi connectivity index (χ0n) is 15.5. The molecule has 3 amide bonds. The molecule has 0 atom stereocenters. The van der Waals surface area contributed by atoms with Crippen molar-refractivity contribution in [2.45, 2.75) is 6.54 Å². The van der Waals surface area contributed by atoms with Crippen LogP contribution in [-0.2, 0) is 16.1 Å². The standard InChI is InChI=1S/C21H15Cl2N3O3S/c22-15-5-3-6-16(23)14(15)10-25-9-12(13-4-1-2-7-17(13)25)8-18-20(28)26(11-19(24)27)21(29)30-18/h1-9H,10-11H2,(H2,24,27)/b18-8-. The van der Waals surface area contributed by atoms with E-state index in [0.717, 1.165) is 38.7 Å². The number of aromatic nitrogens is 1. The van der Waals surface area contributed by atoms with Crippen LogP contribution in [0.4, 0.5) is 4.79 Å². The van der Waals surface area contributed by atoms with Crippen molar-refractivity contribution in [3.8, 4) is 0 Å². The molecule has 2 heterocycles. The van der Waals surface area contributed by atoms with Crippen LogP contribution in [0.5, 0.6) is 0 Å². The number of amides is 3. The average molecular weight is 460 g/mol. The zero-order valence-corrected chi connectivity index (χ0v) is 17.8. The fourth-order valence-electron chi connectivity index (χ4n) is 3.31. The lowest BCUT2D eigenvalue weighted by Gasteiger charge is -2.09. The van der Waals surface area contributed by atoms with E-state index in [2.05, 4.69) is 0 Å². The highest BCUT2D eigenvalue weighted by atomic mass is 35.5. The lowest BCUT2D eigenvalue weighted by atomic mass is 10.1. The van der Waals surface area contributed by atoms with E-state index in [0.29, 0.717) is 16.6 Å². The molecule has 0 radical (unpaired) electrons. The van der Waals surface area contributed by atoms with Crippen molar-refractivity contribution < 1.29 is 14.4 Å². The summed E-state index contributed by atoms with van der Waals surface area (Å²) >= 11 is 13.4. The lowest BCUT2D eigenvalue weighted by molar-refractivity contribution is -0.127. The SMILES string of the molecule is NC(=O)CN1C(=O)S/C(=C\c2cn(Cc3c(Cl)cccc3Cl)c3ccccc23)C1=O. The van der Waals surface area contributed by atoms with Gasteiger partial charge in [0.2, 0.25) is 5.91 Å². The van der Waals surface area contributed by atoms with Gasteiger partial charge in [-0.1, -0.05) is 47.5 Å². The van der Waals surface area contributed by atoms with Crippen LogP contribution in [0, 0.1) is 0 Å². The van der Waals surface area contributed by atoms with Crippen molar-refractivity contribution in [3.05, 3.63) is 74.7 Å². The number of carbonyl (C=O) groups excluding carboxylic acids is 3.